The van der Waals surface area contributed by atoms with E-state index in [0.717, 1.165) is 0 Å². The minimum Gasteiger partial charge on any atom is -0.362 e. The Balaban J connectivity index is 2.52. The molecule has 0 fully saturated rings. The molecule has 4 N–H and O–H groups in total. The smallest absolute Gasteiger partial charge is 0.362 e. The summed E-state index contributed by atoms with van der Waals surface area (Å²) < 4.78 is 10.5. The van der Waals surface area contributed by atoms with E-state index < -0.39 is 19.9 Å². The average Bonchev–Trinajstić information content (AvgIpc) is 2.35. The number of amidine groups is 1. The molecule has 0 unspecified atom stereocenters. The van der Waals surface area contributed by atoms with Crippen LogP contribution in [0.25, 0.3) is 0 Å². The quantitative estimate of drug-likeness (QED) is 0.280. The Labute approximate surface area is 55.4 Å². The third kappa shape index (κ3) is 1.34. The molecule has 0 saturated heterocycles. The monoisotopic (exact) mass is 168 g/mol. The fourth-order valence-electron chi connectivity index (χ4n) is 0.421. The van der Waals surface area contributed by atoms with Gasteiger partial charge in [-0.25, -0.2) is 4.57 Å². The molecule has 0 amide bonds. The van der Waals surface area contributed by atoms with Gasteiger partial charge in [-0.1, -0.05) is 0 Å². The van der Waals surface area contributed by atoms with Crippen LogP contribution in [0.4, 0.5) is 0 Å². The lowest BCUT2D eigenvalue weighted by Crippen LogP contribution is -2.17. The van der Waals surface area contributed by atoms with Gasteiger partial charge in [-0.2, -0.15) is 0 Å². The van der Waals surface area contributed by atoms with Gasteiger partial charge in [0.1, 0.15) is 0 Å². The van der Waals surface area contributed by atoms with Crippen LogP contribution < -0.4 is 0 Å². The second-order valence-electron chi connectivity index (χ2n) is 1.63. The van der Waals surface area contributed by atoms with E-state index in [1.54, 1.807) is 0 Å². The summed E-state index contributed by atoms with van der Waals surface area (Å²) in [7, 11) is -4.43. The highest BCUT2D eigenvalue weighted by atomic mass is 31.2. The molecule has 0 aliphatic carbocycles. The van der Waals surface area contributed by atoms with Gasteiger partial charge in [0.05, 0.1) is 0 Å². The Hall–Kier alpha value is -0.460. The zero-order chi connectivity index (χ0) is 7.94. The third-order valence-corrected chi connectivity index (χ3v) is 1.63. The van der Waals surface area contributed by atoms with E-state index in [9.17, 15) is 4.57 Å². The van der Waals surface area contributed by atoms with E-state index in [-0.39, 0.29) is 4.78 Å². The van der Waals surface area contributed by atoms with Crippen LogP contribution in [-0.2, 0) is 4.57 Å². The molecule has 0 bridgehead atoms. The van der Waals surface area contributed by atoms with E-state index in [1.807, 2.05) is 0 Å². The van der Waals surface area contributed by atoms with Crippen LogP contribution in [0.1, 0.15) is 0 Å². The van der Waals surface area contributed by atoms with Gasteiger partial charge in [-0.3, -0.25) is 0 Å². The Bertz CT molecular complexity index is 218. The molecule has 0 aromatic heterocycles. The minimum absolute atomic E-state index is 0.262. The highest BCUT2D eigenvalue weighted by molar-refractivity contribution is 7.50. The number of rotatable bonds is 2. The highest BCUT2D eigenvalue weighted by Gasteiger charge is 2.42. The number of hydrogen-bond donors (Lipinski definition) is 4. The maximum Gasteiger partial charge on any atom is 0.451 e. The predicted molar refractivity (Wildman–Crippen MR) is 29.5 cm³/mol. The summed E-state index contributed by atoms with van der Waals surface area (Å²) in [5, 5.41) is 19.5. The number of aliphatic hydroxyl groups excluding tert-OH is 1. The lowest BCUT2D eigenvalue weighted by atomic mass is 10.6. The Morgan fingerprint density at radius 2 is 2.00 bits per heavy atom. The largest absolute Gasteiger partial charge is 0.451 e. The first-order valence-corrected chi connectivity index (χ1v) is 3.80. The van der Waals surface area contributed by atoms with Gasteiger partial charge in [-0.05, 0) is 0 Å². The van der Waals surface area contributed by atoms with Crippen LogP contribution in [0.5, 0.6) is 0 Å². The molecule has 0 aromatic carbocycles. The van der Waals surface area contributed by atoms with Gasteiger partial charge in [-0.15, -0.1) is 9.88 Å². The summed E-state index contributed by atoms with van der Waals surface area (Å²) in [6.07, 6.45) is -1.91. The number of hydrogen-bond acceptors (Lipinski definition) is 4. The van der Waals surface area contributed by atoms with Crippen molar-refractivity contribution in [2.24, 2.45) is 5.10 Å². The minimum atomic E-state index is -4.43. The van der Waals surface area contributed by atoms with E-state index >= 15 is 0 Å². The van der Waals surface area contributed by atoms with Crippen LogP contribution >= 0.6 is 7.75 Å². The first-order valence-electron chi connectivity index (χ1n) is 2.23. The van der Waals surface area contributed by atoms with Crippen LogP contribution in [0.3, 0.4) is 0 Å². The molecule has 10 heavy (non-hydrogen) atoms. The maximum absolute atomic E-state index is 10.2. The van der Waals surface area contributed by atoms with Crippen molar-refractivity contribution in [2.45, 2.75) is 6.29 Å². The molecular formula is C2H5N2O5P. The fourth-order valence-corrected chi connectivity index (χ4v) is 1.000. The fraction of sp³-hybridized carbons (Fsp3) is 0.500. The topological polar surface area (TPSA) is 113 Å². The van der Waals surface area contributed by atoms with Crippen molar-refractivity contribution >= 4 is 13.6 Å². The molecular weight excluding hydrogens is 163 g/mol. The second kappa shape index (κ2) is 2.01. The van der Waals surface area contributed by atoms with Gasteiger partial charge >= 0.3 is 7.75 Å². The Morgan fingerprint density at radius 3 is 2.10 bits per heavy atom. The second-order valence-corrected chi connectivity index (χ2v) is 3.04. The first kappa shape index (κ1) is 7.64. The Kier molecular flexibility index (Phi) is 1.54. The number of nitrogens with zero attached hydrogens (tertiary/aromatic N) is 2. The van der Waals surface area contributed by atoms with E-state index in [1.165, 1.54) is 0 Å². The van der Waals surface area contributed by atoms with Gasteiger partial charge in [0.2, 0.25) is 12.1 Å². The SMILES string of the molecule is O=P(O)(O)N1N=C1C(O)O. The first-order chi connectivity index (χ1) is 4.43. The van der Waals surface area contributed by atoms with Gasteiger partial charge < -0.3 is 20.0 Å². The lowest BCUT2D eigenvalue weighted by molar-refractivity contribution is 0.0190. The average molecular weight is 168 g/mol. The zero-order valence-corrected chi connectivity index (χ0v) is 5.51. The third-order valence-electron chi connectivity index (χ3n) is 0.840. The molecule has 0 aromatic rings. The normalized spacial score (nSPS) is 17.7. The molecule has 1 rings (SSSR count). The highest BCUT2D eigenvalue weighted by Crippen LogP contribution is 2.46. The molecule has 1 aliphatic heterocycles. The van der Waals surface area contributed by atoms with Gasteiger partial charge in [0.25, 0.3) is 0 Å². The Morgan fingerprint density at radius 1 is 1.50 bits per heavy atom. The zero-order valence-electron chi connectivity index (χ0n) is 4.62. The van der Waals surface area contributed by atoms with Crippen LogP contribution in [0.15, 0.2) is 5.10 Å². The summed E-state index contributed by atoms with van der Waals surface area (Å²) in [4.78, 5) is 16.6. The predicted octanol–water partition coefficient (Wildman–Crippen LogP) is -1.98. The van der Waals surface area contributed by atoms with Crippen LogP contribution in [0.2, 0.25) is 0 Å². The van der Waals surface area contributed by atoms with Crippen molar-refractivity contribution in [3.8, 4) is 0 Å². The molecule has 0 atom stereocenters. The van der Waals surface area contributed by atoms with E-state index in [2.05, 4.69) is 5.10 Å². The molecule has 7 nitrogen and oxygen atoms in total. The summed E-state index contributed by atoms with van der Waals surface area (Å²) in [5.74, 6) is -0.409. The van der Waals surface area contributed by atoms with Crippen molar-refractivity contribution in [2.75, 3.05) is 0 Å². The molecule has 1 heterocycles. The summed E-state index contributed by atoms with van der Waals surface area (Å²) >= 11 is 0. The van der Waals surface area contributed by atoms with Crippen molar-refractivity contribution in [3.63, 3.8) is 0 Å². The van der Waals surface area contributed by atoms with Crippen molar-refractivity contribution < 1.29 is 24.6 Å². The number of hydrazone groups is 1. The lowest BCUT2D eigenvalue weighted by Gasteiger charge is -2.02. The maximum atomic E-state index is 10.2. The number of aliphatic hydroxyl groups is 2. The molecule has 0 spiro atoms. The summed E-state index contributed by atoms with van der Waals surface area (Å²) in [6.45, 7) is 0. The summed E-state index contributed by atoms with van der Waals surface area (Å²) in [6, 6.07) is 0. The van der Waals surface area contributed by atoms with Crippen molar-refractivity contribution in [3.05, 3.63) is 0 Å². The molecule has 8 heteroatoms. The van der Waals surface area contributed by atoms with Gasteiger partial charge in [0, 0.05) is 0 Å². The van der Waals surface area contributed by atoms with Crippen molar-refractivity contribution in [1.29, 1.82) is 0 Å². The summed E-state index contributed by atoms with van der Waals surface area (Å²) in [5.41, 5.74) is 0. The molecule has 1 aliphatic rings. The molecule has 0 radical (unpaired) electrons. The van der Waals surface area contributed by atoms with Crippen LogP contribution in [-0.4, -0.2) is 36.9 Å². The van der Waals surface area contributed by atoms with Gasteiger partial charge in [0.15, 0.2) is 0 Å². The van der Waals surface area contributed by atoms with Crippen molar-refractivity contribution in [1.82, 2.24) is 4.78 Å². The molecule has 0 saturated carbocycles. The van der Waals surface area contributed by atoms with Crippen LogP contribution in [0, 0.1) is 0 Å². The molecule has 58 valence electrons. The standard InChI is InChI=1S/C2H5N2O5P/c5-2(6)1-3-4(1)10(7,8)9/h2,5-6H,(H2,7,8,9). The van der Waals surface area contributed by atoms with E-state index in [4.69, 9.17) is 20.0 Å². The van der Waals surface area contributed by atoms with E-state index in [0.29, 0.717) is 0 Å².